The van der Waals surface area contributed by atoms with Gasteiger partial charge in [0, 0.05) is 50.0 Å². The van der Waals surface area contributed by atoms with Crippen molar-refractivity contribution in [3.05, 3.63) is 52.2 Å². The number of hydrogen-bond donors (Lipinski definition) is 1. The molecule has 1 aromatic carbocycles. The number of anilines is 1. The standard InChI is InChI=1S/C27H35ClFN5O/c1-18-7-10-24-25(18)26(32-17-31-24)33-11-13-34(14-12-33)27(35)21(16-30-20-5-3-2-4-6-20)19-8-9-22(28)23(29)15-19/h8-9,15,17-18,20-21,30H,2-7,10-14,16H2,1H3/t18-,21?/m1/s1. The zero-order valence-corrected chi connectivity index (χ0v) is 21.2. The summed E-state index contributed by atoms with van der Waals surface area (Å²) in [7, 11) is 0. The fourth-order valence-corrected chi connectivity index (χ4v) is 6.02. The van der Waals surface area contributed by atoms with Gasteiger partial charge >= 0.3 is 0 Å². The van der Waals surface area contributed by atoms with Crippen molar-refractivity contribution in [2.45, 2.75) is 69.7 Å². The number of aromatic nitrogens is 2. The predicted octanol–water partition coefficient (Wildman–Crippen LogP) is 4.67. The molecule has 0 spiro atoms. The summed E-state index contributed by atoms with van der Waals surface area (Å²) >= 11 is 5.94. The largest absolute Gasteiger partial charge is 0.353 e. The van der Waals surface area contributed by atoms with Crippen molar-refractivity contribution in [2.24, 2.45) is 0 Å². The van der Waals surface area contributed by atoms with E-state index >= 15 is 0 Å². The highest BCUT2D eigenvalue weighted by Gasteiger charge is 2.32. The third-order valence-electron chi connectivity index (χ3n) is 8.00. The number of piperazine rings is 1. The molecular formula is C27H35ClFN5O. The van der Waals surface area contributed by atoms with Crippen molar-refractivity contribution in [1.82, 2.24) is 20.2 Å². The van der Waals surface area contributed by atoms with Crippen LogP contribution in [0.5, 0.6) is 0 Å². The summed E-state index contributed by atoms with van der Waals surface area (Å²) in [6.45, 7) is 5.48. The van der Waals surface area contributed by atoms with E-state index in [-0.39, 0.29) is 10.9 Å². The van der Waals surface area contributed by atoms with Crippen LogP contribution in [-0.2, 0) is 11.2 Å². The summed E-state index contributed by atoms with van der Waals surface area (Å²) < 4.78 is 14.3. The van der Waals surface area contributed by atoms with Gasteiger partial charge in [0.05, 0.1) is 10.9 Å². The molecule has 0 bridgehead atoms. The minimum atomic E-state index is -0.476. The van der Waals surface area contributed by atoms with E-state index in [1.165, 1.54) is 36.6 Å². The average Bonchev–Trinajstić information content (AvgIpc) is 3.28. The van der Waals surface area contributed by atoms with Crippen LogP contribution in [0.15, 0.2) is 24.5 Å². The quantitative estimate of drug-likeness (QED) is 0.625. The van der Waals surface area contributed by atoms with Crippen molar-refractivity contribution >= 4 is 23.3 Å². The van der Waals surface area contributed by atoms with Gasteiger partial charge in [-0.25, -0.2) is 14.4 Å². The molecular weight excluding hydrogens is 465 g/mol. The Morgan fingerprint density at radius 1 is 1.14 bits per heavy atom. The second-order valence-corrected chi connectivity index (χ2v) is 10.7. The van der Waals surface area contributed by atoms with Gasteiger partial charge in [-0.2, -0.15) is 0 Å². The summed E-state index contributed by atoms with van der Waals surface area (Å²) in [6, 6.07) is 5.20. The molecule has 2 heterocycles. The van der Waals surface area contributed by atoms with Gasteiger partial charge in [0.1, 0.15) is 18.0 Å². The molecule has 5 rings (SSSR count). The van der Waals surface area contributed by atoms with Crippen LogP contribution in [0.2, 0.25) is 5.02 Å². The van der Waals surface area contributed by atoms with E-state index in [0.717, 1.165) is 44.6 Å². The van der Waals surface area contributed by atoms with Gasteiger partial charge in [-0.15, -0.1) is 0 Å². The maximum absolute atomic E-state index is 14.3. The Labute approximate surface area is 212 Å². The molecule has 1 aliphatic heterocycles. The van der Waals surface area contributed by atoms with E-state index in [4.69, 9.17) is 11.6 Å². The minimum Gasteiger partial charge on any atom is -0.353 e. The van der Waals surface area contributed by atoms with Crippen molar-refractivity contribution in [2.75, 3.05) is 37.6 Å². The van der Waals surface area contributed by atoms with Crippen LogP contribution in [0.3, 0.4) is 0 Å². The number of halogens is 2. The van der Waals surface area contributed by atoms with Gasteiger partial charge < -0.3 is 15.1 Å². The topological polar surface area (TPSA) is 61.4 Å². The Balaban J connectivity index is 1.29. The first-order chi connectivity index (χ1) is 17.0. The molecule has 188 valence electrons. The SMILES string of the molecule is C[C@@H]1CCc2ncnc(N3CCN(C(=O)C(CNC4CCCCC4)c4ccc(Cl)c(F)c4)CC3)c21. The van der Waals surface area contributed by atoms with Crippen molar-refractivity contribution in [3.63, 3.8) is 0 Å². The van der Waals surface area contributed by atoms with Gasteiger partial charge in [0.2, 0.25) is 5.91 Å². The minimum absolute atomic E-state index is 0.0518. The lowest BCUT2D eigenvalue weighted by atomic mass is 9.93. The molecule has 0 radical (unpaired) electrons. The lowest BCUT2D eigenvalue weighted by Crippen LogP contribution is -2.51. The first kappa shape index (κ1) is 24.4. The summed E-state index contributed by atoms with van der Waals surface area (Å²) in [5, 5.41) is 3.70. The molecule has 8 heteroatoms. The zero-order valence-electron chi connectivity index (χ0n) is 20.5. The van der Waals surface area contributed by atoms with Crippen LogP contribution in [0.1, 0.15) is 74.1 Å². The number of carbonyl (C=O) groups is 1. The smallest absolute Gasteiger partial charge is 0.231 e. The van der Waals surface area contributed by atoms with Crippen molar-refractivity contribution in [1.29, 1.82) is 0 Å². The number of aryl methyl sites for hydroxylation is 1. The summed E-state index contributed by atoms with van der Waals surface area (Å²) in [6.07, 6.45) is 9.79. The summed E-state index contributed by atoms with van der Waals surface area (Å²) in [5.74, 6) is 0.643. The number of benzene rings is 1. The van der Waals surface area contributed by atoms with E-state index in [2.05, 4.69) is 27.1 Å². The fourth-order valence-electron chi connectivity index (χ4n) is 5.90. The van der Waals surface area contributed by atoms with Gasteiger partial charge in [0.15, 0.2) is 0 Å². The summed E-state index contributed by atoms with van der Waals surface area (Å²) in [4.78, 5) is 27.1. The third kappa shape index (κ3) is 5.31. The van der Waals surface area contributed by atoms with Gasteiger partial charge in [-0.05, 0) is 49.3 Å². The molecule has 1 aromatic heterocycles. The van der Waals surface area contributed by atoms with E-state index in [1.54, 1.807) is 18.5 Å². The van der Waals surface area contributed by atoms with Crippen LogP contribution in [0, 0.1) is 5.82 Å². The van der Waals surface area contributed by atoms with Gasteiger partial charge in [-0.1, -0.05) is 43.9 Å². The number of fused-ring (bicyclic) bond motifs is 1. The predicted molar refractivity (Wildman–Crippen MR) is 137 cm³/mol. The van der Waals surface area contributed by atoms with E-state index < -0.39 is 11.7 Å². The van der Waals surface area contributed by atoms with Crippen LogP contribution in [-0.4, -0.2) is 59.5 Å². The molecule has 35 heavy (non-hydrogen) atoms. The Kier molecular flexibility index (Phi) is 7.54. The highest BCUT2D eigenvalue weighted by atomic mass is 35.5. The van der Waals surface area contributed by atoms with Crippen LogP contribution >= 0.6 is 11.6 Å². The Bertz CT molecular complexity index is 1050. The Hall–Kier alpha value is -2.25. The van der Waals surface area contributed by atoms with Crippen LogP contribution < -0.4 is 10.2 Å². The second-order valence-electron chi connectivity index (χ2n) is 10.3. The number of amides is 1. The fraction of sp³-hybridized carbons (Fsp3) is 0.593. The molecule has 6 nitrogen and oxygen atoms in total. The number of rotatable bonds is 6. The monoisotopic (exact) mass is 499 g/mol. The molecule has 2 atom stereocenters. The normalized spacial score (nSPS) is 21.7. The lowest BCUT2D eigenvalue weighted by Gasteiger charge is -2.38. The maximum atomic E-state index is 14.3. The molecule has 1 saturated heterocycles. The molecule has 1 unspecified atom stereocenters. The number of nitrogens with one attached hydrogen (secondary N) is 1. The molecule has 1 saturated carbocycles. The van der Waals surface area contributed by atoms with Crippen molar-refractivity contribution in [3.8, 4) is 0 Å². The van der Waals surface area contributed by atoms with E-state index in [0.29, 0.717) is 37.2 Å². The average molecular weight is 500 g/mol. The van der Waals surface area contributed by atoms with Crippen LogP contribution in [0.25, 0.3) is 0 Å². The molecule has 2 aromatic rings. The van der Waals surface area contributed by atoms with Crippen molar-refractivity contribution < 1.29 is 9.18 Å². The molecule has 1 N–H and O–H groups in total. The summed E-state index contributed by atoms with van der Waals surface area (Å²) in [5.41, 5.74) is 3.13. The third-order valence-corrected chi connectivity index (χ3v) is 8.31. The maximum Gasteiger partial charge on any atom is 0.231 e. The Morgan fingerprint density at radius 2 is 1.91 bits per heavy atom. The van der Waals surface area contributed by atoms with E-state index in [1.807, 2.05) is 4.90 Å². The van der Waals surface area contributed by atoms with Crippen LogP contribution in [0.4, 0.5) is 10.2 Å². The second kappa shape index (κ2) is 10.8. The van der Waals surface area contributed by atoms with Gasteiger partial charge in [0.25, 0.3) is 0 Å². The highest BCUT2D eigenvalue weighted by molar-refractivity contribution is 6.30. The first-order valence-electron chi connectivity index (χ1n) is 13.1. The van der Waals surface area contributed by atoms with E-state index in [9.17, 15) is 9.18 Å². The molecule has 2 fully saturated rings. The molecule has 1 amide bonds. The number of nitrogens with zero attached hydrogens (tertiary/aromatic N) is 4. The molecule has 2 aliphatic carbocycles. The Morgan fingerprint density at radius 3 is 2.66 bits per heavy atom. The number of carbonyl (C=O) groups excluding carboxylic acids is 1. The first-order valence-corrected chi connectivity index (χ1v) is 13.4. The molecule has 3 aliphatic rings. The lowest BCUT2D eigenvalue weighted by molar-refractivity contribution is -0.133. The number of hydrogen-bond acceptors (Lipinski definition) is 5. The van der Waals surface area contributed by atoms with Gasteiger partial charge in [-0.3, -0.25) is 4.79 Å². The highest BCUT2D eigenvalue weighted by Crippen LogP contribution is 2.37. The zero-order chi connectivity index (χ0) is 24.4.